The van der Waals surface area contributed by atoms with Gasteiger partial charge in [0, 0.05) is 0 Å². The largest absolute Gasteiger partial charge is 0.464 e. The highest BCUT2D eigenvalue weighted by atomic mass is 28.4. The molecule has 0 bridgehead atoms. The number of hydrogen-bond donors (Lipinski definition) is 0. The van der Waals surface area contributed by atoms with Crippen molar-refractivity contribution in [1.82, 2.24) is 0 Å². The van der Waals surface area contributed by atoms with E-state index in [1.54, 1.807) is 0 Å². The topological polar surface area (TPSA) is 18.5 Å². The second-order valence-electron chi connectivity index (χ2n) is 5.86. The summed E-state index contributed by atoms with van der Waals surface area (Å²) < 4.78 is 12.0. The van der Waals surface area contributed by atoms with E-state index >= 15 is 0 Å². The molecule has 1 aromatic rings. The standard InChI is InChI=1S/C15H24O2Si/c1-7-9-13-10-8-11-14(12-13)16-15(2,3)17-18(4,5)6/h7-8,10-12H,1,9H2,2-6H3. The van der Waals surface area contributed by atoms with Crippen LogP contribution in [-0.4, -0.2) is 14.1 Å². The zero-order valence-corrected chi connectivity index (χ0v) is 13.1. The predicted molar refractivity (Wildman–Crippen MR) is 79.5 cm³/mol. The van der Waals surface area contributed by atoms with Crippen LogP contribution in [0.15, 0.2) is 36.9 Å². The van der Waals surface area contributed by atoms with E-state index in [2.05, 4.69) is 32.3 Å². The fourth-order valence-corrected chi connectivity index (χ4v) is 3.46. The van der Waals surface area contributed by atoms with Crippen LogP contribution < -0.4 is 4.74 Å². The van der Waals surface area contributed by atoms with Crippen LogP contribution >= 0.6 is 0 Å². The van der Waals surface area contributed by atoms with Gasteiger partial charge in [0.2, 0.25) is 0 Å². The van der Waals surface area contributed by atoms with Crippen LogP contribution in [0.4, 0.5) is 0 Å². The van der Waals surface area contributed by atoms with E-state index in [4.69, 9.17) is 9.16 Å². The number of hydrogen-bond acceptors (Lipinski definition) is 2. The molecule has 3 heteroatoms. The number of ether oxygens (including phenoxy) is 1. The van der Waals surface area contributed by atoms with E-state index in [9.17, 15) is 0 Å². The molecule has 0 aliphatic carbocycles. The molecule has 0 N–H and O–H groups in total. The van der Waals surface area contributed by atoms with Gasteiger partial charge in [0.05, 0.1) is 0 Å². The van der Waals surface area contributed by atoms with Crippen LogP contribution in [-0.2, 0) is 10.8 Å². The molecule has 0 aromatic heterocycles. The summed E-state index contributed by atoms with van der Waals surface area (Å²) in [5, 5.41) is 0. The second-order valence-corrected chi connectivity index (χ2v) is 10.3. The summed E-state index contributed by atoms with van der Waals surface area (Å²) in [5.74, 6) is 0.259. The zero-order chi connectivity index (χ0) is 13.8. The first-order chi connectivity index (χ1) is 8.22. The monoisotopic (exact) mass is 264 g/mol. The van der Waals surface area contributed by atoms with Gasteiger partial charge in [0.25, 0.3) is 0 Å². The third-order valence-corrected chi connectivity index (χ3v) is 3.30. The predicted octanol–water partition coefficient (Wildman–Crippen LogP) is 4.38. The van der Waals surface area contributed by atoms with Gasteiger partial charge in [-0.3, -0.25) is 0 Å². The lowest BCUT2D eigenvalue weighted by Crippen LogP contribution is -2.42. The first-order valence-corrected chi connectivity index (χ1v) is 9.72. The Hall–Kier alpha value is -1.06. The molecule has 0 saturated heterocycles. The van der Waals surface area contributed by atoms with Gasteiger partial charge in [-0.25, -0.2) is 0 Å². The van der Waals surface area contributed by atoms with E-state index < -0.39 is 14.1 Å². The van der Waals surface area contributed by atoms with Gasteiger partial charge in [-0.05, 0) is 57.6 Å². The smallest absolute Gasteiger partial charge is 0.195 e. The van der Waals surface area contributed by atoms with Gasteiger partial charge in [-0.15, -0.1) is 6.58 Å². The highest BCUT2D eigenvalue weighted by Crippen LogP contribution is 2.24. The molecule has 100 valence electrons. The molecule has 1 aromatic carbocycles. The molecule has 0 atom stereocenters. The first kappa shape index (κ1) is 15.0. The Bertz CT molecular complexity index is 405. The summed E-state index contributed by atoms with van der Waals surface area (Å²) in [5.41, 5.74) is 1.20. The van der Waals surface area contributed by atoms with Crippen molar-refractivity contribution >= 4 is 8.32 Å². The zero-order valence-electron chi connectivity index (χ0n) is 12.1. The summed E-state index contributed by atoms with van der Waals surface area (Å²) in [6.45, 7) is 14.2. The summed E-state index contributed by atoms with van der Waals surface area (Å²) >= 11 is 0. The van der Waals surface area contributed by atoms with Crippen LogP contribution in [0.1, 0.15) is 19.4 Å². The van der Waals surface area contributed by atoms with Gasteiger partial charge in [0.1, 0.15) is 5.75 Å². The van der Waals surface area contributed by atoms with Crippen molar-refractivity contribution in [2.75, 3.05) is 0 Å². The van der Waals surface area contributed by atoms with Crippen molar-refractivity contribution in [3.63, 3.8) is 0 Å². The molecule has 0 unspecified atom stereocenters. The lowest BCUT2D eigenvalue weighted by atomic mass is 10.1. The van der Waals surface area contributed by atoms with Gasteiger partial charge >= 0.3 is 0 Å². The molecule has 1 rings (SSSR count). The molecule has 18 heavy (non-hydrogen) atoms. The van der Waals surface area contributed by atoms with Crippen molar-refractivity contribution in [3.05, 3.63) is 42.5 Å². The average molecular weight is 264 g/mol. The number of rotatable bonds is 6. The Morgan fingerprint density at radius 3 is 2.50 bits per heavy atom. The fraction of sp³-hybridized carbons (Fsp3) is 0.467. The summed E-state index contributed by atoms with van der Waals surface area (Å²) in [6.07, 6.45) is 2.75. The van der Waals surface area contributed by atoms with Crippen LogP contribution in [0, 0.1) is 0 Å². The molecule has 0 aliphatic heterocycles. The maximum atomic E-state index is 6.03. The molecular weight excluding hydrogens is 240 g/mol. The van der Waals surface area contributed by atoms with Crippen LogP contribution in [0.2, 0.25) is 19.6 Å². The minimum atomic E-state index is -1.62. The number of benzene rings is 1. The third-order valence-electron chi connectivity index (χ3n) is 2.19. The molecular formula is C15H24O2Si. The Morgan fingerprint density at radius 1 is 1.28 bits per heavy atom. The Balaban J connectivity index is 2.77. The SMILES string of the molecule is C=CCc1cccc(OC(C)(C)O[Si](C)(C)C)c1. The molecule has 0 saturated carbocycles. The highest BCUT2D eigenvalue weighted by Gasteiger charge is 2.28. The van der Waals surface area contributed by atoms with Crippen LogP contribution in [0.3, 0.4) is 0 Å². The van der Waals surface area contributed by atoms with Crippen molar-refractivity contribution in [2.24, 2.45) is 0 Å². The lowest BCUT2D eigenvalue weighted by Gasteiger charge is -2.33. The quantitative estimate of drug-likeness (QED) is 0.431. The van der Waals surface area contributed by atoms with Crippen LogP contribution in [0.25, 0.3) is 0 Å². The van der Waals surface area contributed by atoms with E-state index in [1.807, 2.05) is 38.1 Å². The minimum Gasteiger partial charge on any atom is -0.464 e. The minimum absolute atomic E-state index is 0.586. The fourth-order valence-electron chi connectivity index (χ4n) is 1.94. The van der Waals surface area contributed by atoms with Crippen molar-refractivity contribution < 1.29 is 9.16 Å². The van der Waals surface area contributed by atoms with E-state index in [1.165, 1.54) is 5.56 Å². The maximum absolute atomic E-state index is 6.03. The van der Waals surface area contributed by atoms with E-state index in [-0.39, 0.29) is 0 Å². The molecule has 0 spiro atoms. The van der Waals surface area contributed by atoms with E-state index in [0.29, 0.717) is 0 Å². The Kier molecular flexibility index (Phi) is 4.76. The molecule has 0 amide bonds. The van der Waals surface area contributed by atoms with Gasteiger partial charge in [-0.2, -0.15) is 0 Å². The van der Waals surface area contributed by atoms with Crippen LogP contribution in [0.5, 0.6) is 5.75 Å². The average Bonchev–Trinajstić information content (AvgIpc) is 2.13. The molecule has 0 fully saturated rings. The van der Waals surface area contributed by atoms with Gasteiger partial charge in [0.15, 0.2) is 14.1 Å². The first-order valence-electron chi connectivity index (χ1n) is 6.31. The van der Waals surface area contributed by atoms with Crippen molar-refractivity contribution in [3.8, 4) is 5.75 Å². The summed E-state index contributed by atoms with van der Waals surface area (Å²) in [6, 6.07) is 8.07. The van der Waals surface area contributed by atoms with E-state index in [0.717, 1.165) is 12.2 Å². The van der Waals surface area contributed by atoms with Crippen molar-refractivity contribution in [2.45, 2.75) is 45.7 Å². The lowest BCUT2D eigenvalue weighted by molar-refractivity contribution is -0.0877. The molecule has 0 radical (unpaired) electrons. The highest BCUT2D eigenvalue weighted by molar-refractivity contribution is 6.69. The maximum Gasteiger partial charge on any atom is 0.195 e. The second kappa shape index (κ2) is 5.72. The van der Waals surface area contributed by atoms with Crippen molar-refractivity contribution in [1.29, 1.82) is 0 Å². The summed E-state index contributed by atoms with van der Waals surface area (Å²) in [4.78, 5) is 0. The normalized spacial score (nSPS) is 12.3. The Morgan fingerprint density at radius 2 is 1.94 bits per heavy atom. The van der Waals surface area contributed by atoms with Gasteiger partial charge < -0.3 is 9.16 Å². The summed E-state index contributed by atoms with van der Waals surface area (Å²) in [7, 11) is -1.62. The Labute approximate surface area is 112 Å². The number of allylic oxidation sites excluding steroid dienone is 1. The molecule has 2 nitrogen and oxygen atoms in total. The third kappa shape index (κ3) is 5.51. The van der Waals surface area contributed by atoms with Gasteiger partial charge in [-0.1, -0.05) is 18.2 Å². The molecule has 0 heterocycles. The molecule has 0 aliphatic rings.